The van der Waals surface area contributed by atoms with Crippen LogP contribution in [0.2, 0.25) is 0 Å². The Morgan fingerprint density at radius 3 is 2.09 bits per heavy atom. The van der Waals surface area contributed by atoms with Gasteiger partial charge in [0.05, 0.1) is 25.0 Å². The van der Waals surface area contributed by atoms with E-state index in [4.69, 9.17) is 14.6 Å². The molecule has 0 saturated heterocycles. The smallest absolute Gasteiger partial charge is 0.149 e. The van der Waals surface area contributed by atoms with Crippen LogP contribution >= 0.6 is 0 Å². The first kappa shape index (κ1) is 21.6. The van der Waals surface area contributed by atoms with E-state index in [1.807, 2.05) is 61.3 Å². The molecule has 1 aliphatic rings. The van der Waals surface area contributed by atoms with Gasteiger partial charge in [-0.1, -0.05) is 43.3 Å². The summed E-state index contributed by atoms with van der Waals surface area (Å²) in [6.07, 6.45) is 6.01. The first-order chi connectivity index (χ1) is 15.7. The fourth-order valence-corrected chi connectivity index (χ4v) is 3.90. The Bertz CT molecular complexity index is 1060. The van der Waals surface area contributed by atoms with Crippen LogP contribution in [-0.2, 0) is 0 Å². The number of hydrazone groups is 1. The lowest BCUT2D eigenvalue weighted by atomic mass is 9.91. The van der Waals surface area contributed by atoms with Crippen LogP contribution in [0.5, 0.6) is 11.5 Å². The number of hydrogen-bond donors (Lipinski definition) is 0. The number of ether oxygens (including phenoxy) is 2. The highest BCUT2D eigenvalue weighted by atomic mass is 16.5. The third kappa shape index (κ3) is 4.83. The van der Waals surface area contributed by atoms with E-state index in [-0.39, 0.29) is 12.0 Å². The van der Waals surface area contributed by atoms with E-state index in [2.05, 4.69) is 48.3 Å². The molecule has 0 saturated carbocycles. The maximum atomic E-state index is 5.62. The molecule has 0 bridgehead atoms. The van der Waals surface area contributed by atoms with Crippen LogP contribution in [0.1, 0.15) is 37.9 Å². The van der Waals surface area contributed by atoms with Gasteiger partial charge in [0.2, 0.25) is 0 Å². The van der Waals surface area contributed by atoms with Gasteiger partial charge in [-0.05, 0) is 67.4 Å². The van der Waals surface area contributed by atoms with Crippen LogP contribution < -0.4 is 14.5 Å². The van der Waals surface area contributed by atoms with Gasteiger partial charge in [0.25, 0.3) is 0 Å². The van der Waals surface area contributed by atoms with Crippen molar-refractivity contribution in [2.24, 2.45) is 11.0 Å². The number of nitrogens with zero attached hydrogens (tertiary/aromatic N) is 3. The average molecular weight is 428 g/mol. The number of aromatic nitrogens is 1. The van der Waals surface area contributed by atoms with E-state index in [1.165, 1.54) is 5.56 Å². The lowest BCUT2D eigenvalue weighted by Gasteiger charge is -2.26. The maximum Gasteiger partial charge on any atom is 0.149 e. The van der Waals surface area contributed by atoms with Gasteiger partial charge in [-0.3, -0.25) is 0 Å². The Kier molecular flexibility index (Phi) is 6.85. The Hall–Kier alpha value is -3.60. The van der Waals surface area contributed by atoms with E-state index < -0.39 is 0 Å². The highest BCUT2D eigenvalue weighted by molar-refractivity contribution is 6.02. The summed E-state index contributed by atoms with van der Waals surface area (Å²) in [6, 6.07) is 22.4. The molecule has 2 aromatic carbocycles. The second-order valence-corrected chi connectivity index (χ2v) is 7.63. The lowest BCUT2D eigenvalue weighted by molar-refractivity contribution is 0.340. The molecular weight excluding hydrogens is 398 g/mol. The molecule has 1 aromatic heterocycles. The first-order valence-corrected chi connectivity index (χ1v) is 11.1. The number of benzene rings is 2. The summed E-state index contributed by atoms with van der Waals surface area (Å²) >= 11 is 0. The van der Waals surface area contributed by atoms with Crippen molar-refractivity contribution >= 4 is 17.6 Å². The van der Waals surface area contributed by atoms with Crippen molar-refractivity contribution < 1.29 is 9.47 Å². The fourth-order valence-electron chi connectivity index (χ4n) is 3.90. The van der Waals surface area contributed by atoms with E-state index in [0.717, 1.165) is 28.6 Å². The van der Waals surface area contributed by atoms with Crippen LogP contribution in [0.15, 0.2) is 84.1 Å². The van der Waals surface area contributed by atoms with Gasteiger partial charge in [0.15, 0.2) is 0 Å². The van der Waals surface area contributed by atoms with Gasteiger partial charge in [-0.15, -0.1) is 0 Å². The molecular formula is C27H29N3O2. The molecule has 0 N–H and O–H groups in total. The van der Waals surface area contributed by atoms with Gasteiger partial charge in [0.1, 0.15) is 17.3 Å². The number of anilines is 1. The molecule has 0 amide bonds. The quantitative estimate of drug-likeness (QED) is 0.433. The second kappa shape index (κ2) is 10.1. The molecule has 2 unspecified atom stereocenters. The van der Waals surface area contributed by atoms with Crippen molar-refractivity contribution in [1.82, 2.24) is 4.98 Å². The number of hydrogen-bond acceptors (Lipinski definition) is 5. The van der Waals surface area contributed by atoms with Crippen LogP contribution in [0.3, 0.4) is 0 Å². The van der Waals surface area contributed by atoms with Crippen LogP contribution in [0.4, 0.5) is 5.82 Å². The topological polar surface area (TPSA) is 47.0 Å². The van der Waals surface area contributed by atoms with Gasteiger partial charge in [-0.25, -0.2) is 9.99 Å². The molecule has 164 valence electrons. The summed E-state index contributed by atoms with van der Waals surface area (Å²) in [5, 5.41) is 6.99. The van der Waals surface area contributed by atoms with Crippen molar-refractivity contribution in [3.8, 4) is 11.5 Å². The molecule has 5 heteroatoms. The molecule has 0 spiro atoms. The first-order valence-electron chi connectivity index (χ1n) is 11.1. The number of rotatable bonds is 8. The maximum absolute atomic E-state index is 5.62. The summed E-state index contributed by atoms with van der Waals surface area (Å²) in [5.41, 5.74) is 3.31. The van der Waals surface area contributed by atoms with Crippen molar-refractivity contribution in [2.75, 3.05) is 18.2 Å². The van der Waals surface area contributed by atoms with Crippen LogP contribution in [-0.4, -0.2) is 23.9 Å². The summed E-state index contributed by atoms with van der Waals surface area (Å²) in [6.45, 7) is 7.52. The predicted molar refractivity (Wildman–Crippen MR) is 130 cm³/mol. The van der Waals surface area contributed by atoms with E-state index in [9.17, 15) is 0 Å². The average Bonchev–Trinajstić information content (AvgIpc) is 3.16. The molecule has 0 radical (unpaired) electrons. The third-order valence-electron chi connectivity index (χ3n) is 5.48. The van der Waals surface area contributed by atoms with Crippen molar-refractivity contribution in [3.05, 3.63) is 90.1 Å². The molecule has 0 fully saturated rings. The summed E-state index contributed by atoms with van der Waals surface area (Å²) in [7, 11) is 0. The SMILES string of the molecule is CCOc1ccc(C=CC2=NN(c3ccccn3)C(c3ccc(OCC)cc3)C2C)cc1. The molecule has 3 aromatic rings. The zero-order valence-electron chi connectivity index (χ0n) is 18.8. The normalized spacial score (nSPS) is 18.1. The Balaban J connectivity index is 1.61. The van der Waals surface area contributed by atoms with E-state index >= 15 is 0 Å². The van der Waals surface area contributed by atoms with Crippen molar-refractivity contribution in [3.63, 3.8) is 0 Å². The standard InChI is InChI=1S/C27H29N3O2/c1-4-31-23-14-9-21(10-15-23)11-18-25-20(3)27(22-12-16-24(17-13-22)32-5-2)30(29-25)26-8-6-7-19-28-26/h6-20,27H,4-5H2,1-3H3. The third-order valence-corrected chi connectivity index (χ3v) is 5.48. The number of pyridine rings is 1. The molecule has 2 atom stereocenters. The molecule has 0 aliphatic carbocycles. The van der Waals surface area contributed by atoms with Gasteiger partial charge in [0, 0.05) is 12.1 Å². The molecule has 5 nitrogen and oxygen atoms in total. The molecule has 2 heterocycles. The van der Waals surface area contributed by atoms with E-state index in [1.54, 1.807) is 6.20 Å². The molecule has 32 heavy (non-hydrogen) atoms. The largest absolute Gasteiger partial charge is 0.494 e. The highest BCUT2D eigenvalue weighted by Gasteiger charge is 2.35. The molecule has 4 rings (SSSR count). The van der Waals surface area contributed by atoms with Crippen molar-refractivity contribution in [2.45, 2.75) is 26.8 Å². The lowest BCUT2D eigenvalue weighted by Crippen LogP contribution is -2.24. The molecule has 1 aliphatic heterocycles. The minimum Gasteiger partial charge on any atom is -0.494 e. The Morgan fingerprint density at radius 2 is 1.50 bits per heavy atom. The minimum atomic E-state index is 0.0561. The zero-order chi connectivity index (χ0) is 22.3. The highest BCUT2D eigenvalue weighted by Crippen LogP contribution is 2.39. The van der Waals surface area contributed by atoms with Crippen LogP contribution in [0, 0.1) is 5.92 Å². The summed E-state index contributed by atoms with van der Waals surface area (Å²) in [4.78, 5) is 4.55. The monoisotopic (exact) mass is 427 g/mol. The number of allylic oxidation sites excluding steroid dienone is 1. The van der Waals surface area contributed by atoms with Gasteiger partial charge >= 0.3 is 0 Å². The second-order valence-electron chi connectivity index (χ2n) is 7.63. The van der Waals surface area contributed by atoms with E-state index in [0.29, 0.717) is 13.2 Å². The van der Waals surface area contributed by atoms with Crippen molar-refractivity contribution in [1.29, 1.82) is 0 Å². The summed E-state index contributed by atoms with van der Waals surface area (Å²) in [5.74, 6) is 2.78. The Labute approximate surface area is 190 Å². The Morgan fingerprint density at radius 1 is 0.844 bits per heavy atom. The zero-order valence-corrected chi connectivity index (χ0v) is 18.8. The predicted octanol–water partition coefficient (Wildman–Crippen LogP) is 6.15. The fraction of sp³-hybridized carbons (Fsp3) is 0.259. The van der Waals surface area contributed by atoms with Gasteiger partial charge < -0.3 is 9.47 Å². The van der Waals surface area contributed by atoms with Gasteiger partial charge in [-0.2, -0.15) is 5.10 Å². The van der Waals surface area contributed by atoms with Crippen LogP contribution in [0.25, 0.3) is 6.08 Å². The minimum absolute atomic E-state index is 0.0561. The summed E-state index contributed by atoms with van der Waals surface area (Å²) < 4.78 is 11.2.